The van der Waals surface area contributed by atoms with Gasteiger partial charge in [0.1, 0.15) is 10.7 Å². The number of rotatable bonds is 3. The van der Waals surface area contributed by atoms with Gasteiger partial charge in [0.2, 0.25) is 10.0 Å². The maximum absolute atomic E-state index is 12.6. The molecule has 0 spiro atoms. The molecule has 1 saturated heterocycles. The van der Waals surface area contributed by atoms with Crippen molar-refractivity contribution in [2.24, 2.45) is 7.05 Å². The third-order valence-corrected chi connectivity index (χ3v) is 5.22. The first-order chi connectivity index (χ1) is 9.09. The smallest absolute Gasteiger partial charge is 0.246 e. The van der Waals surface area contributed by atoms with Crippen LogP contribution in [-0.4, -0.2) is 29.0 Å². The van der Waals surface area contributed by atoms with Gasteiger partial charge in [0, 0.05) is 19.8 Å². The molecular formula is C12H15N3O3S. The molecule has 102 valence electrons. The zero-order chi connectivity index (χ0) is 13.5. The highest BCUT2D eigenvalue weighted by molar-refractivity contribution is 7.89. The van der Waals surface area contributed by atoms with E-state index in [2.05, 4.69) is 5.10 Å². The number of furan rings is 1. The molecule has 0 aliphatic carbocycles. The predicted octanol–water partition coefficient (Wildman–Crippen LogP) is 1.54. The van der Waals surface area contributed by atoms with Crippen LogP contribution in [0.2, 0.25) is 0 Å². The maximum atomic E-state index is 12.6. The lowest BCUT2D eigenvalue weighted by Crippen LogP contribution is -2.30. The van der Waals surface area contributed by atoms with E-state index in [1.165, 1.54) is 21.4 Å². The van der Waals surface area contributed by atoms with Gasteiger partial charge in [-0.25, -0.2) is 8.42 Å². The third-order valence-electron chi connectivity index (χ3n) is 3.36. The second kappa shape index (κ2) is 4.50. The molecule has 19 heavy (non-hydrogen) atoms. The first-order valence-corrected chi connectivity index (χ1v) is 7.57. The van der Waals surface area contributed by atoms with Gasteiger partial charge < -0.3 is 4.42 Å². The van der Waals surface area contributed by atoms with E-state index >= 15 is 0 Å². The molecule has 0 radical (unpaired) electrons. The van der Waals surface area contributed by atoms with Gasteiger partial charge in [-0.2, -0.15) is 9.40 Å². The van der Waals surface area contributed by atoms with Crippen LogP contribution in [0.15, 0.2) is 40.1 Å². The topological polar surface area (TPSA) is 68.3 Å². The largest absolute Gasteiger partial charge is 0.468 e. The summed E-state index contributed by atoms with van der Waals surface area (Å²) in [6, 6.07) is 3.39. The minimum absolute atomic E-state index is 0.208. The van der Waals surface area contributed by atoms with E-state index < -0.39 is 10.0 Å². The monoisotopic (exact) mass is 281 g/mol. The molecular weight excluding hydrogens is 266 g/mol. The van der Waals surface area contributed by atoms with Gasteiger partial charge in [-0.1, -0.05) is 0 Å². The van der Waals surface area contributed by atoms with E-state index in [1.54, 1.807) is 19.4 Å². The normalized spacial score (nSPS) is 21.0. The first-order valence-electron chi connectivity index (χ1n) is 6.13. The molecule has 2 aromatic rings. The van der Waals surface area contributed by atoms with E-state index in [4.69, 9.17) is 4.42 Å². The highest BCUT2D eigenvalue weighted by atomic mass is 32.2. The Kier molecular flexibility index (Phi) is 2.94. The summed E-state index contributed by atoms with van der Waals surface area (Å²) < 4.78 is 33.5. The van der Waals surface area contributed by atoms with Crippen molar-refractivity contribution < 1.29 is 12.8 Å². The van der Waals surface area contributed by atoms with Crippen molar-refractivity contribution in [2.45, 2.75) is 23.8 Å². The summed E-state index contributed by atoms with van der Waals surface area (Å²) in [5, 5.41) is 3.93. The fraction of sp³-hybridized carbons (Fsp3) is 0.417. The second-order valence-corrected chi connectivity index (χ2v) is 6.53. The highest BCUT2D eigenvalue weighted by Gasteiger charge is 2.38. The quantitative estimate of drug-likeness (QED) is 0.855. The van der Waals surface area contributed by atoms with Crippen LogP contribution in [0.1, 0.15) is 24.6 Å². The minimum atomic E-state index is -3.50. The Morgan fingerprint density at radius 2 is 2.32 bits per heavy atom. The molecule has 2 aromatic heterocycles. The SMILES string of the molecule is Cn1cc(S(=O)(=O)N2CCCC2c2ccco2)cn1. The fourth-order valence-corrected chi connectivity index (χ4v) is 4.11. The number of aryl methyl sites for hydroxylation is 1. The maximum Gasteiger partial charge on any atom is 0.246 e. The average molecular weight is 281 g/mol. The Morgan fingerprint density at radius 1 is 1.47 bits per heavy atom. The van der Waals surface area contributed by atoms with Crippen molar-refractivity contribution in [3.8, 4) is 0 Å². The van der Waals surface area contributed by atoms with Gasteiger partial charge >= 0.3 is 0 Å². The van der Waals surface area contributed by atoms with Gasteiger partial charge in [-0.3, -0.25) is 4.68 Å². The fourth-order valence-electron chi connectivity index (χ4n) is 2.46. The predicted molar refractivity (Wildman–Crippen MR) is 67.8 cm³/mol. The van der Waals surface area contributed by atoms with E-state index in [0.717, 1.165) is 12.8 Å². The summed E-state index contributed by atoms with van der Waals surface area (Å²) >= 11 is 0. The van der Waals surface area contributed by atoms with E-state index in [9.17, 15) is 8.42 Å². The Balaban J connectivity index is 1.96. The number of hydrogen-bond acceptors (Lipinski definition) is 4. The number of hydrogen-bond donors (Lipinski definition) is 0. The highest BCUT2D eigenvalue weighted by Crippen LogP contribution is 2.36. The van der Waals surface area contributed by atoms with Crippen molar-refractivity contribution in [2.75, 3.05) is 6.54 Å². The van der Waals surface area contributed by atoms with Crippen molar-refractivity contribution >= 4 is 10.0 Å². The van der Waals surface area contributed by atoms with Crippen molar-refractivity contribution in [1.29, 1.82) is 0 Å². The molecule has 1 atom stereocenters. The Labute approximate surface area is 111 Å². The molecule has 1 aliphatic rings. The first kappa shape index (κ1) is 12.4. The molecule has 1 fully saturated rings. The molecule has 0 N–H and O–H groups in total. The lowest BCUT2D eigenvalue weighted by Gasteiger charge is -2.21. The van der Waals surface area contributed by atoms with Crippen LogP contribution in [0, 0.1) is 0 Å². The van der Waals surface area contributed by atoms with Crippen LogP contribution in [0.5, 0.6) is 0 Å². The Bertz CT molecular complexity index is 660. The molecule has 3 heterocycles. The van der Waals surface area contributed by atoms with Crippen LogP contribution in [0.4, 0.5) is 0 Å². The molecule has 1 aliphatic heterocycles. The summed E-state index contributed by atoms with van der Waals surface area (Å²) in [5.41, 5.74) is 0. The molecule has 0 amide bonds. The van der Waals surface area contributed by atoms with Crippen LogP contribution >= 0.6 is 0 Å². The lowest BCUT2D eigenvalue weighted by molar-refractivity contribution is 0.340. The molecule has 0 saturated carbocycles. The zero-order valence-electron chi connectivity index (χ0n) is 10.6. The summed E-state index contributed by atoms with van der Waals surface area (Å²) in [6.45, 7) is 0.516. The minimum Gasteiger partial charge on any atom is -0.468 e. The van der Waals surface area contributed by atoms with Crippen molar-refractivity contribution in [3.63, 3.8) is 0 Å². The zero-order valence-corrected chi connectivity index (χ0v) is 11.4. The van der Waals surface area contributed by atoms with Gasteiger partial charge in [-0.15, -0.1) is 0 Å². The molecule has 0 bridgehead atoms. The molecule has 0 aromatic carbocycles. The van der Waals surface area contributed by atoms with Gasteiger partial charge in [-0.05, 0) is 25.0 Å². The van der Waals surface area contributed by atoms with Crippen LogP contribution in [-0.2, 0) is 17.1 Å². The van der Waals surface area contributed by atoms with Crippen LogP contribution in [0.3, 0.4) is 0 Å². The van der Waals surface area contributed by atoms with Crippen LogP contribution < -0.4 is 0 Å². The molecule has 7 heteroatoms. The second-order valence-electron chi connectivity index (χ2n) is 4.64. The summed E-state index contributed by atoms with van der Waals surface area (Å²) in [7, 11) is -1.80. The number of nitrogens with zero attached hydrogens (tertiary/aromatic N) is 3. The van der Waals surface area contributed by atoms with E-state index in [-0.39, 0.29) is 10.9 Å². The number of sulfonamides is 1. The summed E-state index contributed by atoms with van der Waals surface area (Å²) in [5.74, 6) is 0.699. The average Bonchev–Trinajstić information content (AvgIpc) is 3.09. The van der Waals surface area contributed by atoms with Crippen molar-refractivity contribution in [1.82, 2.24) is 14.1 Å². The Morgan fingerprint density at radius 3 is 2.95 bits per heavy atom. The van der Waals surface area contributed by atoms with E-state index in [1.807, 2.05) is 6.07 Å². The summed E-state index contributed by atoms with van der Waals surface area (Å²) in [4.78, 5) is 0.230. The van der Waals surface area contributed by atoms with Crippen molar-refractivity contribution in [3.05, 3.63) is 36.5 Å². The van der Waals surface area contributed by atoms with Gasteiger partial charge in [0.05, 0.1) is 18.5 Å². The standard InChI is InChI=1S/C12H15N3O3S/c1-14-9-10(8-13-14)19(16,17)15-6-2-4-11(15)12-5-3-7-18-12/h3,5,7-9,11H,2,4,6H2,1H3. The number of aromatic nitrogens is 2. The lowest BCUT2D eigenvalue weighted by atomic mass is 10.2. The van der Waals surface area contributed by atoms with Crippen LogP contribution in [0.25, 0.3) is 0 Å². The molecule has 3 rings (SSSR count). The molecule has 1 unspecified atom stereocenters. The van der Waals surface area contributed by atoms with E-state index in [0.29, 0.717) is 12.3 Å². The summed E-state index contributed by atoms with van der Waals surface area (Å²) in [6.07, 6.45) is 6.10. The van der Waals surface area contributed by atoms with Gasteiger partial charge in [0.15, 0.2) is 0 Å². The third kappa shape index (κ3) is 2.08. The van der Waals surface area contributed by atoms with Gasteiger partial charge in [0.25, 0.3) is 0 Å². The Hall–Kier alpha value is -1.60. The molecule has 6 nitrogen and oxygen atoms in total.